The van der Waals surface area contributed by atoms with Crippen molar-refractivity contribution in [2.24, 2.45) is 5.73 Å². The van der Waals surface area contributed by atoms with Crippen molar-refractivity contribution in [2.75, 3.05) is 0 Å². The molecule has 0 heterocycles. The average Bonchev–Trinajstić information content (AvgIpc) is 2.39. The van der Waals surface area contributed by atoms with Crippen LogP contribution < -0.4 is 5.73 Å². The fourth-order valence-electron chi connectivity index (χ4n) is 1.92. The van der Waals surface area contributed by atoms with Crippen LogP contribution in [0.1, 0.15) is 28.3 Å². The van der Waals surface area contributed by atoms with Gasteiger partial charge in [0.25, 0.3) is 0 Å². The molecule has 4 heteroatoms. The highest BCUT2D eigenvalue weighted by Crippen LogP contribution is 2.26. The zero-order valence-electron chi connectivity index (χ0n) is 10.7. The van der Waals surface area contributed by atoms with Crippen LogP contribution >= 0.6 is 0 Å². The zero-order chi connectivity index (χ0) is 14.2. The number of hydrogen-bond acceptors (Lipinski definition) is 1. The first-order chi connectivity index (χ1) is 8.91. The van der Waals surface area contributed by atoms with Crippen molar-refractivity contribution in [3.8, 4) is 0 Å². The van der Waals surface area contributed by atoms with E-state index in [0.29, 0.717) is 5.56 Å². The van der Waals surface area contributed by atoms with Gasteiger partial charge < -0.3 is 5.73 Å². The molecule has 0 saturated heterocycles. The van der Waals surface area contributed by atoms with Gasteiger partial charge in [0.2, 0.25) is 0 Å². The highest BCUT2D eigenvalue weighted by atomic mass is 19.2. The largest absolute Gasteiger partial charge is 0.320 e. The molecule has 1 unspecified atom stereocenters. The summed E-state index contributed by atoms with van der Waals surface area (Å²) in [6.07, 6.45) is 0. The Kier molecular flexibility index (Phi) is 3.62. The molecule has 0 aliphatic heterocycles. The van der Waals surface area contributed by atoms with E-state index in [-0.39, 0.29) is 5.56 Å². The monoisotopic (exact) mass is 265 g/mol. The summed E-state index contributed by atoms with van der Waals surface area (Å²) in [5.74, 6) is -3.93. The molecule has 0 aliphatic rings. The van der Waals surface area contributed by atoms with Crippen molar-refractivity contribution in [1.82, 2.24) is 0 Å². The maximum Gasteiger partial charge on any atom is 0.194 e. The van der Waals surface area contributed by atoms with Crippen LogP contribution in [0.25, 0.3) is 0 Å². The van der Waals surface area contributed by atoms with Gasteiger partial charge in [0.05, 0.1) is 6.04 Å². The summed E-state index contributed by atoms with van der Waals surface area (Å²) in [6, 6.07) is 6.67. The third-order valence-corrected chi connectivity index (χ3v) is 3.29. The van der Waals surface area contributed by atoms with Gasteiger partial charge in [-0.05, 0) is 36.6 Å². The van der Waals surface area contributed by atoms with Crippen molar-refractivity contribution in [2.45, 2.75) is 19.9 Å². The lowest BCUT2D eigenvalue weighted by molar-refractivity contribution is 0.438. The molecule has 0 amide bonds. The molecule has 0 radical (unpaired) electrons. The minimum atomic E-state index is -1.49. The Balaban J connectivity index is 2.47. The molecule has 0 spiro atoms. The van der Waals surface area contributed by atoms with E-state index < -0.39 is 23.5 Å². The molecule has 100 valence electrons. The van der Waals surface area contributed by atoms with E-state index in [1.807, 2.05) is 26.0 Å². The fourth-order valence-corrected chi connectivity index (χ4v) is 1.92. The van der Waals surface area contributed by atoms with Gasteiger partial charge in [0.1, 0.15) is 0 Å². The first kappa shape index (κ1) is 13.6. The Bertz CT molecular complexity index is 623. The molecular formula is C15H14F3N. The molecule has 2 aromatic carbocycles. The fraction of sp³-hybridized carbons (Fsp3) is 0.200. The van der Waals surface area contributed by atoms with E-state index >= 15 is 0 Å². The summed E-state index contributed by atoms with van der Waals surface area (Å²) in [7, 11) is 0. The van der Waals surface area contributed by atoms with Gasteiger partial charge in [-0.15, -0.1) is 0 Å². The lowest BCUT2D eigenvalue weighted by atomic mass is 9.96. The molecule has 0 fully saturated rings. The first-order valence-corrected chi connectivity index (χ1v) is 5.88. The molecular weight excluding hydrogens is 251 g/mol. The predicted molar refractivity (Wildman–Crippen MR) is 68.3 cm³/mol. The highest BCUT2D eigenvalue weighted by molar-refractivity contribution is 5.37. The summed E-state index contributed by atoms with van der Waals surface area (Å²) in [4.78, 5) is 0. The van der Waals surface area contributed by atoms with E-state index in [4.69, 9.17) is 5.73 Å². The van der Waals surface area contributed by atoms with Gasteiger partial charge in [-0.1, -0.05) is 24.3 Å². The Morgan fingerprint density at radius 3 is 2.21 bits per heavy atom. The smallest absolute Gasteiger partial charge is 0.194 e. The van der Waals surface area contributed by atoms with Gasteiger partial charge in [-0.2, -0.15) is 0 Å². The van der Waals surface area contributed by atoms with E-state index in [0.717, 1.165) is 17.2 Å². The van der Waals surface area contributed by atoms with Gasteiger partial charge in [0, 0.05) is 5.56 Å². The molecule has 0 aromatic heterocycles. The van der Waals surface area contributed by atoms with Crippen LogP contribution in [0.5, 0.6) is 0 Å². The molecule has 0 bridgehead atoms. The summed E-state index contributed by atoms with van der Waals surface area (Å²) in [6.45, 7) is 3.86. The second-order valence-corrected chi connectivity index (χ2v) is 4.59. The molecule has 0 aliphatic carbocycles. The quantitative estimate of drug-likeness (QED) is 0.822. The molecule has 2 rings (SSSR count). The van der Waals surface area contributed by atoms with Gasteiger partial charge in [-0.25, -0.2) is 13.2 Å². The predicted octanol–water partition coefficient (Wildman–Crippen LogP) is 3.77. The van der Waals surface area contributed by atoms with E-state index in [2.05, 4.69) is 0 Å². The minimum absolute atomic E-state index is 0.0536. The lowest BCUT2D eigenvalue weighted by Crippen LogP contribution is -2.15. The summed E-state index contributed by atoms with van der Waals surface area (Å²) >= 11 is 0. The van der Waals surface area contributed by atoms with Crippen molar-refractivity contribution in [3.05, 3.63) is 70.0 Å². The van der Waals surface area contributed by atoms with E-state index in [9.17, 15) is 13.2 Å². The van der Waals surface area contributed by atoms with Crippen LogP contribution in [0, 0.1) is 31.3 Å². The first-order valence-electron chi connectivity index (χ1n) is 5.88. The number of hydrogen-bond donors (Lipinski definition) is 1. The number of benzene rings is 2. The SMILES string of the molecule is Cc1ccc(C(N)c2ccc(F)c(F)c2F)cc1C. The van der Waals surface area contributed by atoms with Crippen molar-refractivity contribution < 1.29 is 13.2 Å². The second kappa shape index (κ2) is 5.05. The Morgan fingerprint density at radius 2 is 1.58 bits per heavy atom. The summed E-state index contributed by atoms with van der Waals surface area (Å²) < 4.78 is 39.8. The van der Waals surface area contributed by atoms with Crippen LogP contribution in [0.3, 0.4) is 0 Å². The van der Waals surface area contributed by atoms with Crippen LogP contribution in [0.15, 0.2) is 30.3 Å². The van der Waals surface area contributed by atoms with Gasteiger partial charge in [0.15, 0.2) is 17.5 Å². The van der Waals surface area contributed by atoms with Crippen LogP contribution in [-0.4, -0.2) is 0 Å². The third-order valence-electron chi connectivity index (χ3n) is 3.29. The van der Waals surface area contributed by atoms with Crippen molar-refractivity contribution in [3.63, 3.8) is 0 Å². The standard InChI is InChI=1S/C15H14F3N/c1-8-3-4-10(7-9(8)2)15(19)11-5-6-12(16)14(18)13(11)17/h3-7,15H,19H2,1-2H3. The number of halogens is 3. The highest BCUT2D eigenvalue weighted by Gasteiger charge is 2.19. The topological polar surface area (TPSA) is 26.0 Å². The maximum atomic E-state index is 13.7. The van der Waals surface area contributed by atoms with Gasteiger partial charge in [-0.3, -0.25) is 0 Å². The average molecular weight is 265 g/mol. The second-order valence-electron chi connectivity index (χ2n) is 4.59. The van der Waals surface area contributed by atoms with Crippen LogP contribution in [0.4, 0.5) is 13.2 Å². The molecule has 2 aromatic rings. The molecule has 2 N–H and O–H groups in total. The van der Waals surface area contributed by atoms with Crippen molar-refractivity contribution >= 4 is 0 Å². The lowest BCUT2D eigenvalue weighted by Gasteiger charge is -2.15. The summed E-state index contributed by atoms with van der Waals surface area (Å²) in [5.41, 5.74) is 8.63. The third kappa shape index (κ3) is 2.49. The molecule has 19 heavy (non-hydrogen) atoms. The Hall–Kier alpha value is -1.81. The molecule has 0 saturated carbocycles. The van der Waals surface area contributed by atoms with E-state index in [1.54, 1.807) is 6.07 Å². The zero-order valence-corrected chi connectivity index (χ0v) is 10.7. The Labute approximate surface area is 109 Å². The Morgan fingerprint density at radius 1 is 0.895 bits per heavy atom. The number of rotatable bonds is 2. The number of nitrogens with two attached hydrogens (primary N) is 1. The minimum Gasteiger partial charge on any atom is -0.320 e. The van der Waals surface area contributed by atoms with Crippen LogP contribution in [0.2, 0.25) is 0 Å². The summed E-state index contributed by atoms with van der Waals surface area (Å²) in [5, 5.41) is 0. The van der Waals surface area contributed by atoms with Crippen molar-refractivity contribution in [1.29, 1.82) is 0 Å². The molecule has 1 nitrogen and oxygen atoms in total. The van der Waals surface area contributed by atoms with E-state index in [1.165, 1.54) is 6.07 Å². The number of aryl methyl sites for hydroxylation is 2. The maximum absolute atomic E-state index is 13.7. The van der Waals surface area contributed by atoms with Gasteiger partial charge >= 0.3 is 0 Å². The van der Waals surface area contributed by atoms with Crippen LogP contribution in [-0.2, 0) is 0 Å². The normalized spacial score (nSPS) is 12.5. The molecule has 1 atom stereocenters.